The molecule has 102 valence electrons. The highest BCUT2D eigenvalue weighted by Gasteiger charge is 2.15. The van der Waals surface area contributed by atoms with Crippen molar-refractivity contribution in [3.05, 3.63) is 18.0 Å². The highest BCUT2D eigenvalue weighted by Crippen LogP contribution is 2.05. The fourth-order valence-corrected chi connectivity index (χ4v) is 1.34. The van der Waals surface area contributed by atoms with E-state index in [1.165, 1.54) is 0 Å². The van der Waals surface area contributed by atoms with Gasteiger partial charge in [0.2, 0.25) is 0 Å². The molecule has 0 bridgehead atoms. The molecule has 0 spiro atoms. The molecule has 0 aromatic carbocycles. The second kappa shape index (κ2) is 6.39. The molecule has 0 saturated heterocycles. The van der Waals surface area contributed by atoms with Gasteiger partial charge >= 0.3 is 6.09 Å². The summed E-state index contributed by atoms with van der Waals surface area (Å²) in [6, 6.07) is 1.95. The van der Waals surface area contributed by atoms with Crippen molar-refractivity contribution in [2.45, 2.75) is 32.9 Å². The number of aryl methyl sites for hydroxylation is 1. The Morgan fingerprint density at radius 2 is 2.17 bits per heavy atom. The summed E-state index contributed by atoms with van der Waals surface area (Å²) in [4.78, 5) is 11.3. The molecular weight excluding hydrogens is 232 g/mol. The van der Waals surface area contributed by atoms with Gasteiger partial charge in [-0.1, -0.05) is 0 Å². The Hall–Kier alpha value is -1.56. The van der Waals surface area contributed by atoms with Crippen LogP contribution in [0.2, 0.25) is 0 Å². The molecule has 0 radical (unpaired) electrons. The molecule has 1 rings (SSSR count). The van der Waals surface area contributed by atoms with Gasteiger partial charge in [-0.2, -0.15) is 5.10 Å². The average Bonchev–Trinajstić information content (AvgIpc) is 2.61. The van der Waals surface area contributed by atoms with E-state index in [1.807, 2.05) is 40.1 Å². The minimum Gasteiger partial charge on any atom is -0.444 e. The number of ether oxygens (including phenoxy) is 1. The molecule has 1 amide bonds. The summed E-state index contributed by atoms with van der Waals surface area (Å²) in [7, 11) is 1.88. The molecule has 0 aliphatic rings. The largest absolute Gasteiger partial charge is 0.444 e. The van der Waals surface area contributed by atoms with Crippen molar-refractivity contribution in [2.24, 2.45) is 7.05 Å². The van der Waals surface area contributed by atoms with Crippen LogP contribution in [-0.4, -0.2) is 34.6 Å². The standard InChI is InChI=1S/C12H22N4O2/c1-12(2,3)18-11(17)14-7-6-13-9-10-5-8-16(4)15-10/h5,8,13H,6-7,9H2,1-4H3,(H,14,17). The molecule has 6 nitrogen and oxygen atoms in total. The van der Waals surface area contributed by atoms with E-state index in [4.69, 9.17) is 4.74 Å². The van der Waals surface area contributed by atoms with Gasteiger partial charge in [0.05, 0.1) is 5.69 Å². The summed E-state index contributed by atoms with van der Waals surface area (Å²) in [5, 5.41) is 10.1. The van der Waals surface area contributed by atoms with Crippen molar-refractivity contribution in [2.75, 3.05) is 13.1 Å². The van der Waals surface area contributed by atoms with E-state index >= 15 is 0 Å². The SMILES string of the molecule is Cn1ccc(CNCCNC(=O)OC(C)(C)C)n1. The van der Waals surface area contributed by atoms with Crippen molar-refractivity contribution in [1.82, 2.24) is 20.4 Å². The van der Waals surface area contributed by atoms with E-state index in [0.717, 1.165) is 5.69 Å². The third kappa shape index (κ3) is 6.24. The van der Waals surface area contributed by atoms with Gasteiger partial charge in [0, 0.05) is 32.9 Å². The number of carbonyl (C=O) groups excluding carboxylic acids is 1. The lowest BCUT2D eigenvalue weighted by atomic mass is 10.2. The average molecular weight is 254 g/mol. The quantitative estimate of drug-likeness (QED) is 0.770. The number of carbonyl (C=O) groups is 1. The highest BCUT2D eigenvalue weighted by molar-refractivity contribution is 5.67. The highest BCUT2D eigenvalue weighted by atomic mass is 16.6. The predicted octanol–water partition coefficient (Wildman–Crippen LogP) is 1.03. The second-order valence-electron chi connectivity index (χ2n) is 5.09. The zero-order valence-corrected chi connectivity index (χ0v) is 11.5. The minimum absolute atomic E-state index is 0.387. The maximum absolute atomic E-state index is 11.3. The molecule has 6 heteroatoms. The molecule has 1 aromatic heterocycles. The number of rotatable bonds is 5. The minimum atomic E-state index is -0.453. The molecule has 2 N–H and O–H groups in total. The number of nitrogens with zero attached hydrogens (tertiary/aromatic N) is 2. The van der Waals surface area contributed by atoms with Crippen molar-refractivity contribution in [3.8, 4) is 0 Å². The van der Waals surface area contributed by atoms with Gasteiger partial charge in [-0.05, 0) is 26.8 Å². The smallest absolute Gasteiger partial charge is 0.407 e. The fourth-order valence-electron chi connectivity index (χ4n) is 1.34. The number of nitrogens with one attached hydrogen (secondary N) is 2. The van der Waals surface area contributed by atoms with E-state index in [2.05, 4.69) is 15.7 Å². The number of hydrogen-bond donors (Lipinski definition) is 2. The topological polar surface area (TPSA) is 68.2 Å². The maximum atomic E-state index is 11.3. The van der Waals surface area contributed by atoms with Crippen LogP contribution in [0.5, 0.6) is 0 Å². The van der Waals surface area contributed by atoms with E-state index in [1.54, 1.807) is 4.68 Å². The first kappa shape index (κ1) is 14.5. The van der Waals surface area contributed by atoms with Gasteiger partial charge in [0.25, 0.3) is 0 Å². The van der Waals surface area contributed by atoms with Crippen molar-refractivity contribution in [3.63, 3.8) is 0 Å². The second-order valence-corrected chi connectivity index (χ2v) is 5.09. The van der Waals surface area contributed by atoms with Crippen LogP contribution < -0.4 is 10.6 Å². The summed E-state index contributed by atoms with van der Waals surface area (Å²) in [5.74, 6) is 0. The third-order valence-corrected chi connectivity index (χ3v) is 2.04. The Bertz CT molecular complexity index is 382. The van der Waals surface area contributed by atoms with Gasteiger partial charge in [0.1, 0.15) is 5.60 Å². The molecular formula is C12H22N4O2. The van der Waals surface area contributed by atoms with Crippen LogP contribution in [-0.2, 0) is 18.3 Å². The molecule has 1 heterocycles. The lowest BCUT2D eigenvalue weighted by Gasteiger charge is -2.19. The molecule has 1 aromatic rings. The Labute approximate surface area is 108 Å². The summed E-state index contributed by atoms with van der Waals surface area (Å²) in [6.07, 6.45) is 1.51. The van der Waals surface area contributed by atoms with E-state index in [-0.39, 0.29) is 6.09 Å². The van der Waals surface area contributed by atoms with Crippen LogP contribution in [0.15, 0.2) is 12.3 Å². The summed E-state index contributed by atoms with van der Waals surface area (Å²) in [5.41, 5.74) is 0.528. The Morgan fingerprint density at radius 3 is 2.72 bits per heavy atom. The summed E-state index contributed by atoms with van der Waals surface area (Å²) in [6.45, 7) is 7.41. The van der Waals surface area contributed by atoms with Gasteiger partial charge in [-0.25, -0.2) is 4.79 Å². The summed E-state index contributed by atoms with van der Waals surface area (Å²) >= 11 is 0. The van der Waals surface area contributed by atoms with Crippen LogP contribution in [0.3, 0.4) is 0 Å². The van der Waals surface area contributed by atoms with Crippen LogP contribution in [0.1, 0.15) is 26.5 Å². The Morgan fingerprint density at radius 1 is 1.44 bits per heavy atom. The Kier molecular flexibility index (Phi) is 5.15. The first-order valence-corrected chi connectivity index (χ1v) is 6.03. The predicted molar refractivity (Wildman–Crippen MR) is 69.2 cm³/mol. The van der Waals surface area contributed by atoms with E-state index in [0.29, 0.717) is 19.6 Å². The maximum Gasteiger partial charge on any atom is 0.407 e. The first-order chi connectivity index (χ1) is 8.37. The van der Waals surface area contributed by atoms with Crippen molar-refractivity contribution >= 4 is 6.09 Å². The lowest BCUT2D eigenvalue weighted by molar-refractivity contribution is 0.0528. The van der Waals surface area contributed by atoms with Gasteiger partial charge < -0.3 is 15.4 Å². The lowest BCUT2D eigenvalue weighted by Crippen LogP contribution is -2.36. The number of aromatic nitrogens is 2. The number of alkyl carbamates (subject to hydrolysis) is 1. The summed E-state index contributed by atoms with van der Waals surface area (Å²) < 4.78 is 6.87. The first-order valence-electron chi connectivity index (χ1n) is 6.03. The van der Waals surface area contributed by atoms with Gasteiger partial charge in [-0.15, -0.1) is 0 Å². The van der Waals surface area contributed by atoms with Crippen LogP contribution in [0, 0.1) is 0 Å². The molecule has 0 aliphatic heterocycles. The molecule has 0 fully saturated rings. The van der Waals surface area contributed by atoms with Gasteiger partial charge in [0.15, 0.2) is 0 Å². The number of amides is 1. The molecule has 0 aliphatic carbocycles. The molecule has 18 heavy (non-hydrogen) atoms. The molecule has 0 saturated carbocycles. The van der Waals surface area contributed by atoms with Crippen LogP contribution in [0.4, 0.5) is 4.79 Å². The number of hydrogen-bond acceptors (Lipinski definition) is 4. The van der Waals surface area contributed by atoms with E-state index in [9.17, 15) is 4.79 Å². The molecule has 0 atom stereocenters. The van der Waals surface area contributed by atoms with Gasteiger partial charge in [-0.3, -0.25) is 4.68 Å². The molecule has 0 unspecified atom stereocenters. The zero-order valence-electron chi connectivity index (χ0n) is 11.5. The normalized spacial score (nSPS) is 11.3. The Balaban J connectivity index is 2.07. The van der Waals surface area contributed by atoms with Crippen molar-refractivity contribution in [1.29, 1.82) is 0 Å². The monoisotopic (exact) mass is 254 g/mol. The van der Waals surface area contributed by atoms with Crippen LogP contribution >= 0.6 is 0 Å². The fraction of sp³-hybridized carbons (Fsp3) is 0.667. The van der Waals surface area contributed by atoms with Crippen LogP contribution in [0.25, 0.3) is 0 Å². The zero-order chi connectivity index (χ0) is 13.6. The van der Waals surface area contributed by atoms with Crippen molar-refractivity contribution < 1.29 is 9.53 Å². The van der Waals surface area contributed by atoms with E-state index < -0.39 is 5.60 Å². The third-order valence-electron chi connectivity index (χ3n) is 2.04.